The van der Waals surface area contributed by atoms with E-state index in [1.807, 2.05) is 83.8 Å². The molecule has 0 aliphatic carbocycles. The van der Waals surface area contributed by atoms with Crippen LogP contribution in [0.4, 0.5) is 11.4 Å². The zero-order chi connectivity index (χ0) is 19.3. The summed E-state index contributed by atoms with van der Waals surface area (Å²) in [7, 11) is 1.79. The molecule has 2 aliphatic rings. The van der Waals surface area contributed by atoms with Gasteiger partial charge in [0.05, 0.1) is 18.4 Å². The molecular weight excluding hydrogens is 348 g/mol. The first-order valence-electron chi connectivity index (χ1n) is 9.47. The van der Waals surface area contributed by atoms with Gasteiger partial charge < -0.3 is 9.80 Å². The lowest BCUT2D eigenvalue weighted by atomic mass is 9.83. The highest BCUT2D eigenvalue weighted by molar-refractivity contribution is 6.13. The number of carbonyl (C=O) groups is 2. The summed E-state index contributed by atoms with van der Waals surface area (Å²) in [6, 6.07) is 25.6. The van der Waals surface area contributed by atoms with E-state index < -0.39 is 11.8 Å². The Kier molecular flexibility index (Phi) is 3.79. The Hall–Kier alpha value is -3.40. The topological polar surface area (TPSA) is 40.6 Å². The number of rotatable bonds is 3. The molecule has 2 amide bonds. The maximum absolute atomic E-state index is 13.6. The Morgan fingerprint density at radius 1 is 0.679 bits per heavy atom. The number of likely N-dealkylation sites (N-methyl/N-ethyl adjacent to an activating group) is 1. The molecule has 2 atom stereocenters. The van der Waals surface area contributed by atoms with Crippen LogP contribution >= 0.6 is 0 Å². The summed E-state index contributed by atoms with van der Waals surface area (Å²) in [5.74, 6) is -0.987. The van der Waals surface area contributed by atoms with E-state index in [0.717, 1.165) is 28.1 Å². The Bertz CT molecular complexity index is 1080. The van der Waals surface area contributed by atoms with Gasteiger partial charge >= 0.3 is 0 Å². The lowest BCUT2D eigenvalue weighted by molar-refractivity contribution is -0.125. The summed E-state index contributed by atoms with van der Waals surface area (Å²) < 4.78 is 0. The smallest absolute Gasteiger partial charge is 0.236 e. The number of amides is 2. The maximum Gasteiger partial charge on any atom is 0.236 e. The van der Waals surface area contributed by atoms with E-state index >= 15 is 0 Å². The second-order valence-corrected chi connectivity index (χ2v) is 7.38. The molecule has 4 nitrogen and oxygen atoms in total. The van der Waals surface area contributed by atoms with Gasteiger partial charge in [-0.3, -0.25) is 9.59 Å². The maximum atomic E-state index is 13.6. The molecule has 3 aromatic rings. The fourth-order valence-electron chi connectivity index (χ4n) is 4.51. The third-order valence-electron chi connectivity index (χ3n) is 5.84. The van der Waals surface area contributed by atoms with Crippen molar-refractivity contribution in [2.75, 3.05) is 16.8 Å². The van der Waals surface area contributed by atoms with Gasteiger partial charge in [-0.2, -0.15) is 0 Å². The Morgan fingerprint density at radius 3 is 1.93 bits per heavy atom. The second-order valence-electron chi connectivity index (χ2n) is 7.38. The number of para-hydroxylation sites is 2. The fourth-order valence-corrected chi connectivity index (χ4v) is 4.51. The number of hydrogen-bond acceptors (Lipinski definition) is 2. The molecule has 2 aliphatic heterocycles. The molecule has 0 fully saturated rings. The van der Waals surface area contributed by atoms with Crippen LogP contribution in [0.1, 0.15) is 28.5 Å². The first-order valence-corrected chi connectivity index (χ1v) is 9.47. The molecule has 0 aromatic heterocycles. The highest BCUT2D eigenvalue weighted by Gasteiger charge is 2.49. The van der Waals surface area contributed by atoms with Crippen LogP contribution in [-0.4, -0.2) is 18.9 Å². The van der Waals surface area contributed by atoms with Crippen molar-refractivity contribution in [1.82, 2.24) is 0 Å². The van der Waals surface area contributed by atoms with Crippen LogP contribution in [0.5, 0.6) is 0 Å². The summed E-state index contributed by atoms with van der Waals surface area (Å²) in [6.45, 7) is 0.506. The molecule has 0 spiro atoms. The lowest BCUT2D eigenvalue weighted by Crippen LogP contribution is -2.34. The van der Waals surface area contributed by atoms with Gasteiger partial charge in [-0.05, 0) is 28.8 Å². The van der Waals surface area contributed by atoms with E-state index in [0.29, 0.717) is 6.54 Å². The van der Waals surface area contributed by atoms with Crippen molar-refractivity contribution in [3.63, 3.8) is 0 Å². The van der Waals surface area contributed by atoms with Gasteiger partial charge in [0, 0.05) is 18.4 Å². The molecule has 138 valence electrons. The van der Waals surface area contributed by atoms with Gasteiger partial charge in [-0.25, -0.2) is 0 Å². The molecule has 2 heterocycles. The molecular formula is C24H20N2O2. The first kappa shape index (κ1) is 16.8. The van der Waals surface area contributed by atoms with Crippen molar-refractivity contribution in [3.05, 3.63) is 95.6 Å². The third kappa shape index (κ3) is 2.38. The largest absolute Gasteiger partial charge is 0.315 e. The van der Waals surface area contributed by atoms with Gasteiger partial charge in [0.15, 0.2) is 0 Å². The molecule has 0 N–H and O–H groups in total. The van der Waals surface area contributed by atoms with Crippen molar-refractivity contribution in [3.8, 4) is 0 Å². The van der Waals surface area contributed by atoms with E-state index in [-0.39, 0.29) is 11.8 Å². The molecule has 28 heavy (non-hydrogen) atoms. The predicted octanol–water partition coefficient (Wildman–Crippen LogP) is 4.08. The van der Waals surface area contributed by atoms with Crippen molar-refractivity contribution in [2.45, 2.75) is 18.4 Å². The van der Waals surface area contributed by atoms with Crippen molar-refractivity contribution in [2.24, 2.45) is 0 Å². The average Bonchev–Trinajstić information content (AvgIpc) is 3.14. The van der Waals surface area contributed by atoms with Crippen LogP contribution in [-0.2, 0) is 16.1 Å². The molecule has 0 radical (unpaired) electrons. The van der Waals surface area contributed by atoms with Gasteiger partial charge in [0.2, 0.25) is 11.8 Å². The minimum Gasteiger partial charge on any atom is -0.315 e. The van der Waals surface area contributed by atoms with E-state index in [2.05, 4.69) is 0 Å². The monoisotopic (exact) mass is 368 g/mol. The highest BCUT2D eigenvalue weighted by atomic mass is 16.2. The summed E-state index contributed by atoms with van der Waals surface area (Å²) >= 11 is 0. The minimum atomic E-state index is -0.487. The number of benzene rings is 3. The van der Waals surface area contributed by atoms with Crippen LogP contribution in [0.25, 0.3) is 0 Å². The molecule has 3 aromatic carbocycles. The number of hydrogen-bond donors (Lipinski definition) is 0. The van der Waals surface area contributed by atoms with Gasteiger partial charge in [-0.1, -0.05) is 66.7 Å². The second kappa shape index (κ2) is 6.34. The number of nitrogens with zero attached hydrogens (tertiary/aromatic N) is 2. The van der Waals surface area contributed by atoms with Crippen LogP contribution in [0, 0.1) is 0 Å². The van der Waals surface area contributed by atoms with Crippen molar-refractivity contribution in [1.29, 1.82) is 0 Å². The van der Waals surface area contributed by atoms with Crippen molar-refractivity contribution < 1.29 is 9.59 Å². The van der Waals surface area contributed by atoms with Crippen LogP contribution in [0.2, 0.25) is 0 Å². The van der Waals surface area contributed by atoms with Crippen molar-refractivity contribution >= 4 is 23.2 Å². The lowest BCUT2D eigenvalue weighted by Gasteiger charge is -2.20. The van der Waals surface area contributed by atoms with Crippen LogP contribution in [0.3, 0.4) is 0 Å². The summed E-state index contributed by atoms with van der Waals surface area (Å²) in [5, 5.41) is 0. The number of carbonyl (C=O) groups excluding carboxylic acids is 2. The normalized spacial score (nSPS) is 20.5. The Labute approximate surface area is 164 Å². The first-order chi connectivity index (χ1) is 13.7. The molecule has 0 bridgehead atoms. The SMILES string of the molecule is CN1C(=O)C(C2C(=O)N(Cc3ccccc3)c3ccccc32)c2ccccc21. The van der Waals surface area contributed by atoms with E-state index in [9.17, 15) is 9.59 Å². The minimum absolute atomic E-state index is 0.00601. The summed E-state index contributed by atoms with van der Waals surface area (Å²) in [4.78, 5) is 30.2. The van der Waals surface area contributed by atoms with E-state index in [1.165, 1.54) is 0 Å². The predicted molar refractivity (Wildman–Crippen MR) is 109 cm³/mol. The standard InChI is InChI=1S/C24H20N2O2/c1-25-19-13-7-5-11-17(19)21(23(25)27)22-18-12-6-8-14-20(18)26(24(22)28)15-16-9-3-2-4-10-16/h2-14,21-22H,15H2,1H3. The molecule has 2 unspecified atom stereocenters. The summed E-state index contributed by atoms with van der Waals surface area (Å²) in [5.41, 5.74) is 4.74. The van der Waals surface area contributed by atoms with Crippen LogP contribution in [0.15, 0.2) is 78.9 Å². The molecule has 0 saturated carbocycles. The van der Waals surface area contributed by atoms with Gasteiger partial charge in [-0.15, -0.1) is 0 Å². The molecule has 5 rings (SSSR count). The third-order valence-corrected chi connectivity index (χ3v) is 5.84. The van der Waals surface area contributed by atoms with Gasteiger partial charge in [0.25, 0.3) is 0 Å². The van der Waals surface area contributed by atoms with Gasteiger partial charge in [0.1, 0.15) is 0 Å². The Morgan fingerprint density at radius 2 is 1.21 bits per heavy atom. The zero-order valence-electron chi connectivity index (χ0n) is 15.6. The molecule has 4 heteroatoms. The van der Waals surface area contributed by atoms with E-state index in [4.69, 9.17) is 0 Å². The average molecular weight is 368 g/mol. The quantitative estimate of drug-likeness (QED) is 0.699. The Balaban J connectivity index is 1.60. The van der Waals surface area contributed by atoms with Crippen LogP contribution < -0.4 is 9.80 Å². The van der Waals surface area contributed by atoms with E-state index in [1.54, 1.807) is 11.9 Å². The number of anilines is 2. The zero-order valence-corrected chi connectivity index (χ0v) is 15.6. The summed E-state index contributed by atoms with van der Waals surface area (Å²) in [6.07, 6.45) is 0. The fraction of sp³-hybridized carbons (Fsp3) is 0.167. The number of fused-ring (bicyclic) bond motifs is 2. The molecule has 0 saturated heterocycles. The highest BCUT2D eigenvalue weighted by Crippen LogP contribution is 2.50.